The average molecular weight is 245 g/mol. The lowest BCUT2D eigenvalue weighted by molar-refractivity contribution is 0.459. The van der Waals surface area contributed by atoms with Crippen LogP contribution in [0, 0.1) is 0 Å². The van der Waals surface area contributed by atoms with E-state index in [4.69, 9.17) is 0 Å². The highest BCUT2D eigenvalue weighted by molar-refractivity contribution is 7.13. The molecule has 2 heteroatoms. The van der Waals surface area contributed by atoms with Crippen molar-refractivity contribution in [1.82, 2.24) is 4.67 Å². The summed E-state index contributed by atoms with van der Waals surface area (Å²) in [6, 6.07) is 0. The number of nitrogens with zero attached hydrogens (tertiary/aromatic N) is 1. The monoisotopic (exact) mass is 245 g/mol. The first-order valence-electron chi connectivity index (χ1n) is 7.30. The molecule has 0 radical (unpaired) electrons. The lowest BCUT2D eigenvalue weighted by Gasteiger charge is -2.12. The van der Waals surface area contributed by atoms with E-state index in [1.807, 2.05) is 0 Å². The highest BCUT2D eigenvalue weighted by Gasteiger charge is 1.95. The van der Waals surface area contributed by atoms with Crippen molar-refractivity contribution in [3.8, 4) is 0 Å². The summed E-state index contributed by atoms with van der Waals surface area (Å²) in [4.78, 5) is 0. The van der Waals surface area contributed by atoms with Gasteiger partial charge in [0.2, 0.25) is 0 Å². The molecule has 0 spiro atoms. The van der Waals surface area contributed by atoms with Crippen LogP contribution in [-0.4, -0.2) is 17.8 Å². The molecule has 1 nitrogen and oxygen atoms in total. The smallest absolute Gasteiger partial charge is 0.00160 e. The summed E-state index contributed by atoms with van der Waals surface area (Å²) < 4.78 is 2.32. The van der Waals surface area contributed by atoms with Gasteiger partial charge in [-0.25, -0.2) is 0 Å². The topological polar surface area (TPSA) is 3.24 Å². The van der Waals surface area contributed by atoms with Crippen LogP contribution in [0.4, 0.5) is 0 Å². The summed E-state index contributed by atoms with van der Waals surface area (Å²) in [7, 11) is 2.80. The number of unbranched alkanes of at least 4 members (excludes halogenated alkanes) is 9. The fourth-order valence-corrected chi connectivity index (χ4v) is 2.14. The Morgan fingerprint density at radius 2 is 1.12 bits per heavy atom. The molecule has 1 atom stereocenters. The van der Waals surface area contributed by atoms with Crippen molar-refractivity contribution < 1.29 is 0 Å². The predicted molar refractivity (Wildman–Crippen MR) is 78.8 cm³/mol. The molecule has 0 bridgehead atoms. The molecule has 16 heavy (non-hydrogen) atoms. The molecular formula is C14H32NP. The van der Waals surface area contributed by atoms with E-state index < -0.39 is 0 Å². The molecule has 0 aliphatic carbocycles. The molecular weight excluding hydrogens is 213 g/mol. The van der Waals surface area contributed by atoms with Crippen LogP contribution in [-0.2, 0) is 0 Å². The van der Waals surface area contributed by atoms with Gasteiger partial charge >= 0.3 is 0 Å². The fraction of sp³-hybridized carbons (Fsp3) is 1.00. The minimum Gasteiger partial charge on any atom is -0.288 e. The third-order valence-corrected chi connectivity index (χ3v) is 3.83. The van der Waals surface area contributed by atoms with E-state index in [2.05, 4.69) is 27.9 Å². The molecule has 0 aromatic heterocycles. The Kier molecular flexibility index (Phi) is 13.8. The van der Waals surface area contributed by atoms with Gasteiger partial charge in [-0.1, -0.05) is 81.0 Å². The summed E-state index contributed by atoms with van der Waals surface area (Å²) in [5, 5.41) is 0. The quantitative estimate of drug-likeness (QED) is 0.345. The van der Waals surface area contributed by atoms with Crippen molar-refractivity contribution in [2.24, 2.45) is 0 Å². The van der Waals surface area contributed by atoms with Crippen LogP contribution in [0.5, 0.6) is 0 Å². The molecule has 0 fully saturated rings. The SMILES string of the molecule is CCCCCCCCCCCCN(P)CC. The normalized spacial score (nSPS) is 11.2. The van der Waals surface area contributed by atoms with Gasteiger partial charge in [0, 0.05) is 6.54 Å². The number of hydrogen-bond acceptors (Lipinski definition) is 1. The Hall–Kier alpha value is 0.390. The van der Waals surface area contributed by atoms with Crippen molar-refractivity contribution in [2.75, 3.05) is 13.1 Å². The molecule has 0 heterocycles. The van der Waals surface area contributed by atoms with E-state index in [0.29, 0.717) is 0 Å². The zero-order chi connectivity index (χ0) is 12.1. The van der Waals surface area contributed by atoms with Crippen LogP contribution >= 0.6 is 9.39 Å². The average Bonchev–Trinajstić information content (AvgIpc) is 2.31. The number of hydrogen-bond donors (Lipinski definition) is 0. The molecule has 0 aromatic carbocycles. The van der Waals surface area contributed by atoms with Gasteiger partial charge in [0.1, 0.15) is 0 Å². The van der Waals surface area contributed by atoms with Gasteiger partial charge in [-0.2, -0.15) is 0 Å². The maximum atomic E-state index is 2.80. The molecule has 0 saturated carbocycles. The van der Waals surface area contributed by atoms with Gasteiger partial charge in [-0.3, -0.25) is 4.67 Å². The summed E-state index contributed by atoms with van der Waals surface area (Å²) in [5.41, 5.74) is 0. The molecule has 0 aliphatic rings. The minimum atomic E-state index is 1.15. The Morgan fingerprint density at radius 1 is 0.688 bits per heavy atom. The van der Waals surface area contributed by atoms with Crippen LogP contribution in [0.3, 0.4) is 0 Å². The predicted octanol–water partition coefficient (Wildman–Crippen LogP) is 5.02. The zero-order valence-corrected chi connectivity index (χ0v) is 12.7. The molecule has 0 N–H and O–H groups in total. The Morgan fingerprint density at radius 3 is 1.56 bits per heavy atom. The highest BCUT2D eigenvalue weighted by Crippen LogP contribution is 2.11. The summed E-state index contributed by atoms with van der Waals surface area (Å²) in [6.45, 7) is 6.90. The third-order valence-electron chi connectivity index (χ3n) is 3.21. The first-order valence-corrected chi connectivity index (χ1v) is 7.82. The summed E-state index contributed by atoms with van der Waals surface area (Å²) >= 11 is 0. The maximum absolute atomic E-state index is 2.80. The van der Waals surface area contributed by atoms with Gasteiger partial charge in [-0.15, -0.1) is 0 Å². The first-order chi connectivity index (χ1) is 7.81. The first kappa shape index (κ1) is 16.4. The van der Waals surface area contributed by atoms with Crippen molar-refractivity contribution in [3.63, 3.8) is 0 Å². The van der Waals surface area contributed by atoms with Gasteiger partial charge in [0.25, 0.3) is 0 Å². The van der Waals surface area contributed by atoms with Gasteiger partial charge in [0.15, 0.2) is 0 Å². The van der Waals surface area contributed by atoms with Crippen LogP contribution in [0.2, 0.25) is 0 Å². The molecule has 1 unspecified atom stereocenters. The van der Waals surface area contributed by atoms with E-state index in [0.717, 1.165) is 6.54 Å². The lowest BCUT2D eigenvalue weighted by Crippen LogP contribution is -2.11. The minimum absolute atomic E-state index is 1.15. The maximum Gasteiger partial charge on any atom is 0.00160 e. The highest BCUT2D eigenvalue weighted by atomic mass is 31.0. The van der Waals surface area contributed by atoms with Gasteiger partial charge in [-0.05, 0) is 13.0 Å². The second-order valence-electron chi connectivity index (χ2n) is 4.81. The van der Waals surface area contributed by atoms with E-state index in [1.165, 1.54) is 70.8 Å². The van der Waals surface area contributed by atoms with Crippen LogP contribution < -0.4 is 0 Å². The fourth-order valence-electron chi connectivity index (χ4n) is 1.96. The van der Waals surface area contributed by atoms with Crippen LogP contribution in [0.1, 0.15) is 78.1 Å². The van der Waals surface area contributed by atoms with Crippen LogP contribution in [0.15, 0.2) is 0 Å². The molecule has 0 aromatic rings. The summed E-state index contributed by atoms with van der Waals surface area (Å²) in [5.74, 6) is 0. The molecule has 0 rings (SSSR count). The van der Waals surface area contributed by atoms with E-state index >= 15 is 0 Å². The molecule has 0 aliphatic heterocycles. The third kappa shape index (κ3) is 12.5. The van der Waals surface area contributed by atoms with Crippen molar-refractivity contribution >= 4 is 9.39 Å². The van der Waals surface area contributed by atoms with E-state index in [9.17, 15) is 0 Å². The van der Waals surface area contributed by atoms with E-state index in [-0.39, 0.29) is 0 Å². The number of rotatable bonds is 12. The second-order valence-corrected chi connectivity index (χ2v) is 5.54. The van der Waals surface area contributed by atoms with Crippen molar-refractivity contribution in [1.29, 1.82) is 0 Å². The summed E-state index contributed by atoms with van der Waals surface area (Å²) in [6.07, 6.45) is 14.3. The molecule has 0 amide bonds. The van der Waals surface area contributed by atoms with Crippen molar-refractivity contribution in [3.05, 3.63) is 0 Å². The molecule has 98 valence electrons. The Balaban J connectivity index is 2.93. The molecule has 0 saturated heterocycles. The largest absolute Gasteiger partial charge is 0.288 e. The lowest BCUT2D eigenvalue weighted by atomic mass is 10.1. The zero-order valence-electron chi connectivity index (χ0n) is 11.5. The Labute approximate surface area is 106 Å². The second kappa shape index (κ2) is 13.5. The van der Waals surface area contributed by atoms with Crippen molar-refractivity contribution in [2.45, 2.75) is 78.1 Å². The standard InChI is InChI=1S/C14H32NP/c1-3-5-6-7-8-9-10-11-12-13-14-15(16)4-2/h3-14,16H2,1-2H3. The van der Waals surface area contributed by atoms with Crippen LogP contribution in [0.25, 0.3) is 0 Å². The van der Waals surface area contributed by atoms with Gasteiger partial charge < -0.3 is 0 Å². The van der Waals surface area contributed by atoms with E-state index in [1.54, 1.807) is 0 Å². The Bertz CT molecular complexity index is 128. The van der Waals surface area contributed by atoms with Gasteiger partial charge in [0.05, 0.1) is 0 Å².